The average molecular weight is 425 g/mol. The van der Waals surface area contributed by atoms with Crippen molar-refractivity contribution in [1.82, 2.24) is 0 Å². The highest BCUT2D eigenvalue weighted by molar-refractivity contribution is 5.45. The summed E-state index contributed by atoms with van der Waals surface area (Å²) in [7, 11) is 1.32. The number of hydrogen-bond acceptors (Lipinski definition) is 7. The minimum Gasteiger partial charge on any atom is -0.394 e. The van der Waals surface area contributed by atoms with Crippen molar-refractivity contribution in [2.45, 2.75) is 55.4 Å². The summed E-state index contributed by atoms with van der Waals surface area (Å²) in [6, 6.07) is 15.5. The molecule has 164 valence electrons. The highest BCUT2D eigenvalue weighted by Gasteiger charge is 2.55. The summed E-state index contributed by atoms with van der Waals surface area (Å²) in [4.78, 5) is 0. The smallest absolute Gasteiger partial charge is 0.224 e. The third-order valence-electron chi connectivity index (χ3n) is 6.30. The molecule has 0 bridgehead atoms. The third-order valence-corrected chi connectivity index (χ3v) is 6.30. The molecule has 0 spiro atoms. The number of hydrogen-bond donors (Lipinski definition) is 4. The molecule has 7 heteroatoms. The first-order valence-electron chi connectivity index (χ1n) is 10.4. The normalized spacial score (nSPS) is 30.7. The van der Waals surface area contributed by atoms with Crippen molar-refractivity contribution in [3.05, 3.63) is 70.3 Å². The summed E-state index contributed by atoms with van der Waals surface area (Å²) >= 11 is 0. The molecular formula is C24H27NO6. The van der Waals surface area contributed by atoms with Crippen LogP contribution in [0.4, 0.5) is 0 Å². The van der Waals surface area contributed by atoms with Crippen LogP contribution in [-0.2, 0) is 21.7 Å². The summed E-state index contributed by atoms with van der Waals surface area (Å²) in [6.45, 7) is -0.563. The predicted octanol–water partition coefficient (Wildman–Crippen LogP) is 1.30. The van der Waals surface area contributed by atoms with Crippen LogP contribution >= 0.6 is 0 Å². The van der Waals surface area contributed by atoms with Crippen LogP contribution in [0, 0.1) is 11.3 Å². The van der Waals surface area contributed by atoms with E-state index in [1.807, 2.05) is 0 Å². The molecule has 0 radical (unpaired) electrons. The second kappa shape index (κ2) is 8.67. The van der Waals surface area contributed by atoms with E-state index in [9.17, 15) is 25.7 Å². The standard InChI is InChI=1S/C24H27NO6/c1-30-24(23(29)22(28)21(27)20(13-26)31-24)19-9-8-17(12-25)18(11-19)10-14-2-4-15(5-3-14)16-6-7-16/h2-5,8-9,11,16,20-23,26-29H,6-7,10,13H2,1H3/t20-,21-,22+,23-,24+/m1/s1. The van der Waals surface area contributed by atoms with E-state index >= 15 is 0 Å². The van der Waals surface area contributed by atoms with Gasteiger partial charge in [-0.25, -0.2) is 0 Å². The zero-order chi connectivity index (χ0) is 22.2. The van der Waals surface area contributed by atoms with Crippen LogP contribution in [0.15, 0.2) is 42.5 Å². The van der Waals surface area contributed by atoms with E-state index in [0.717, 1.165) is 5.56 Å². The van der Waals surface area contributed by atoms with Crippen LogP contribution < -0.4 is 0 Å². The Morgan fingerprint density at radius 3 is 2.39 bits per heavy atom. The zero-order valence-electron chi connectivity index (χ0n) is 17.3. The van der Waals surface area contributed by atoms with E-state index < -0.39 is 36.8 Å². The summed E-state index contributed by atoms with van der Waals surface area (Å²) in [5, 5.41) is 50.3. The van der Waals surface area contributed by atoms with Crippen molar-refractivity contribution >= 4 is 0 Å². The van der Waals surface area contributed by atoms with Gasteiger partial charge in [0.05, 0.1) is 18.2 Å². The quantitative estimate of drug-likeness (QED) is 0.550. The minimum absolute atomic E-state index is 0.385. The van der Waals surface area contributed by atoms with Gasteiger partial charge in [-0.2, -0.15) is 5.26 Å². The van der Waals surface area contributed by atoms with Gasteiger partial charge in [0.1, 0.15) is 24.4 Å². The molecule has 1 aliphatic heterocycles. The fraction of sp³-hybridized carbons (Fsp3) is 0.458. The number of nitriles is 1. The van der Waals surface area contributed by atoms with Crippen LogP contribution in [0.25, 0.3) is 0 Å². The Labute approximate surface area is 181 Å². The summed E-state index contributed by atoms with van der Waals surface area (Å²) in [5.41, 5.74) is 3.95. The Morgan fingerprint density at radius 2 is 1.81 bits per heavy atom. The Balaban J connectivity index is 1.69. The van der Waals surface area contributed by atoms with Crippen LogP contribution in [0.3, 0.4) is 0 Å². The fourth-order valence-corrected chi connectivity index (χ4v) is 4.28. The lowest BCUT2D eigenvalue weighted by Gasteiger charge is -2.47. The molecule has 4 N–H and O–H groups in total. The lowest BCUT2D eigenvalue weighted by atomic mass is 9.86. The first kappa shape index (κ1) is 21.9. The van der Waals surface area contributed by atoms with Gasteiger partial charge in [0.25, 0.3) is 0 Å². The molecule has 7 nitrogen and oxygen atoms in total. The third kappa shape index (κ3) is 3.99. The Hall–Kier alpha value is -2.31. The molecule has 2 aliphatic rings. The topological polar surface area (TPSA) is 123 Å². The average Bonchev–Trinajstić information content (AvgIpc) is 3.64. The van der Waals surface area contributed by atoms with E-state index in [0.29, 0.717) is 29.0 Å². The molecule has 0 aromatic heterocycles. The number of aliphatic hydroxyl groups is 4. The molecule has 5 atom stereocenters. The van der Waals surface area contributed by atoms with Crippen molar-refractivity contribution in [3.63, 3.8) is 0 Å². The van der Waals surface area contributed by atoms with Gasteiger partial charge in [0, 0.05) is 12.7 Å². The predicted molar refractivity (Wildman–Crippen MR) is 111 cm³/mol. The molecule has 1 saturated carbocycles. The molecule has 1 heterocycles. The second-order valence-corrected chi connectivity index (χ2v) is 8.31. The van der Waals surface area contributed by atoms with Gasteiger partial charge in [-0.3, -0.25) is 0 Å². The van der Waals surface area contributed by atoms with Crippen molar-refractivity contribution in [3.8, 4) is 6.07 Å². The number of benzene rings is 2. The van der Waals surface area contributed by atoms with Crippen LogP contribution in [0.5, 0.6) is 0 Å². The summed E-state index contributed by atoms with van der Waals surface area (Å²) in [5.74, 6) is -1.13. The van der Waals surface area contributed by atoms with Crippen LogP contribution in [0.1, 0.15) is 46.6 Å². The molecule has 0 unspecified atom stereocenters. The van der Waals surface area contributed by atoms with Crippen molar-refractivity contribution in [1.29, 1.82) is 5.26 Å². The van der Waals surface area contributed by atoms with E-state index in [2.05, 4.69) is 30.3 Å². The molecule has 0 amide bonds. The molecule has 2 aromatic rings. The lowest BCUT2D eigenvalue weighted by molar-refractivity contribution is -0.366. The Kier molecular flexibility index (Phi) is 6.13. The maximum Gasteiger partial charge on any atom is 0.224 e. The Morgan fingerprint density at radius 1 is 1.10 bits per heavy atom. The van der Waals surface area contributed by atoms with Gasteiger partial charge in [-0.05, 0) is 54.0 Å². The van der Waals surface area contributed by atoms with E-state index in [1.54, 1.807) is 18.2 Å². The van der Waals surface area contributed by atoms with Crippen molar-refractivity contribution < 1.29 is 29.9 Å². The maximum atomic E-state index is 10.7. The monoisotopic (exact) mass is 425 g/mol. The van der Waals surface area contributed by atoms with Crippen molar-refractivity contribution in [2.75, 3.05) is 13.7 Å². The molecule has 4 rings (SSSR count). The molecule has 2 fully saturated rings. The van der Waals surface area contributed by atoms with Gasteiger partial charge in [-0.15, -0.1) is 0 Å². The maximum absolute atomic E-state index is 10.7. The largest absolute Gasteiger partial charge is 0.394 e. The number of nitrogens with zero attached hydrogens (tertiary/aromatic N) is 1. The Bertz CT molecular complexity index is 965. The molecule has 1 saturated heterocycles. The zero-order valence-corrected chi connectivity index (χ0v) is 17.3. The van der Waals surface area contributed by atoms with Gasteiger partial charge >= 0.3 is 0 Å². The fourth-order valence-electron chi connectivity index (χ4n) is 4.28. The molecular weight excluding hydrogens is 398 g/mol. The van der Waals surface area contributed by atoms with E-state index in [-0.39, 0.29) is 0 Å². The van der Waals surface area contributed by atoms with Crippen molar-refractivity contribution in [2.24, 2.45) is 0 Å². The first-order valence-corrected chi connectivity index (χ1v) is 10.4. The minimum atomic E-state index is -1.80. The van der Waals surface area contributed by atoms with Crippen LogP contribution in [-0.4, -0.2) is 58.6 Å². The van der Waals surface area contributed by atoms with Crippen LogP contribution in [0.2, 0.25) is 0 Å². The SMILES string of the molecule is CO[C@@]1(c2ccc(C#N)c(Cc3ccc(C4CC4)cc3)c2)O[C@H](CO)[C@@H](O)[C@H](O)[C@H]1O. The molecule has 1 aliphatic carbocycles. The number of rotatable bonds is 6. The highest BCUT2D eigenvalue weighted by atomic mass is 16.7. The number of ether oxygens (including phenoxy) is 2. The summed E-state index contributed by atoms with van der Waals surface area (Å²) < 4.78 is 11.3. The first-order chi connectivity index (χ1) is 14.9. The lowest BCUT2D eigenvalue weighted by Crippen LogP contribution is -2.64. The molecule has 31 heavy (non-hydrogen) atoms. The van der Waals surface area contributed by atoms with E-state index in [4.69, 9.17) is 9.47 Å². The van der Waals surface area contributed by atoms with Gasteiger partial charge in [0.15, 0.2) is 0 Å². The molecule has 2 aromatic carbocycles. The highest BCUT2D eigenvalue weighted by Crippen LogP contribution is 2.41. The van der Waals surface area contributed by atoms with Gasteiger partial charge in [0.2, 0.25) is 5.79 Å². The number of methoxy groups -OCH3 is 1. The van der Waals surface area contributed by atoms with Gasteiger partial charge < -0.3 is 29.9 Å². The number of aliphatic hydroxyl groups excluding tert-OH is 4. The second-order valence-electron chi connectivity index (χ2n) is 8.31. The van der Waals surface area contributed by atoms with Gasteiger partial charge in [-0.1, -0.05) is 30.3 Å². The summed E-state index contributed by atoms with van der Waals surface area (Å²) in [6.07, 6.45) is -2.84. The van der Waals surface area contributed by atoms with E-state index in [1.165, 1.54) is 25.5 Å².